The van der Waals surface area contributed by atoms with Crippen LogP contribution >= 0.6 is 0 Å². The highest BCUT2D eigenvalue weighted by Crippen LogP contribution is 2.37. The largest absolute Gasteiger partial charge is 0.462 e. The molecule has 1 saturated heterocycles. The maximum Gasteiger partial charge on any atom is 0.311 e. The summed E-state index contributed by atoms with van der Waals surface area (Å²) in [5.74, 6) is 1.58. The van der Waals surface area contributed by atoms with E-state index in [-0.39, 0.29) is 17.5 Å². The monoisotopic (exact) mass is 311 g/mol. The average Bonchev–Trinajstić information content (AvgIpc) is 2.49. The quantitative estimate of drug-likeness (QED) is 0.708. The molecule has 0 saturated carbocycles. The fourth-order valence-electron chi connectivity index (χ4n) is 3.71. The summed E-state index contributed by atoms with van der Waals surface area (Å²) in [5, 5.41) is 3.63. The van der Waals surface area contributed by atoms with Gasteiger partial charge in [-0.25, -0.2) is 0 Å². The number of carbonyl (C=O) groups is 1. The Balaban J connectivity index is 2.91. The van der Waals surface area contributed by atoms with E-state index in [2.05, 4.69) is 39.9 Å². The molecule has 0 aromatic heterocycles. The highest BCUT2D eigenvalue weighted by atomic mass is 16.5. The van der Waals surface area contributed by atoms with Gasteiger partial charge in [0.05, 0.1) is 5.41 Å². The zero-order chi connectivity index (χ0) is 16.9. The zero-order valence-corrected chi connectivity index (χ0v) is 15.7. The zero-order valence-electron chi connectivity index (χ0n) is 15.7. The van der Waals surface area contributed by atoms with Crippen LogP contribution in [0.25, 0.3) is 0 Å². The van der Waals surface area contributed by atoms with Gasteiger partial charge in [-0.15, -0.1) is 0 Å². The molecule has 0 bridgehead atoms. The first-order chi connectivity index (χ1) is 10.3. The first-order valence-corrected chi connectivity index (χ1v) is 9.22. The van der Waals surface area contributed by atoms with E-state index in [1.54, 1.807) is 0 Å². The summed E-state index contributed by atoms with van der Waals surface area (Å²) >= 11 is 0. The van der Waals surface area contributed by atoms with E-state index < -0.39 is 0 Å². The highest BCUT2D eigenvalue weighted by Gasteiger charge is 2.41. The van der Waals surface area contributed by atoms with Crippen LogP contribution in [-0.4, -0.2) is 24.7 Å². The van der Waals surface area contributed by atoms with Crippen LogP contribution < -0.4 is 5.32 Å². The Morgan fingerprint density at radius 1 is 1.27 bits per heavy atom. The molecular weight excluding hydrogens is 274 g/mol. The van der Waals surface area contributed by atoms with E-state index in [0.717, 1.165) is 19.4 Å². The standard InChI is InChI=1S/C19H37NO2/c1-8-11-15-14(5)20-12-13(4)17(15)16(9-2)22-18(21)19(6,7)10-3/h13-17,20H,8-12H2,1-7H3/t13?,14-,15+,16+,17+/m1/s1. The van der Waals surface area contributed by atoms with E-state index in [9.17, 15) is 4.79 Å². The van der Waals surface area contributed by atoms with Crippen molar-refractivity contribution in [3.63, 3.8) is 0 Å². The van der Waals surface area contributed by atoms with Crippen LogP contribution in [-0.2, 0) is 9.53 Å². The fourth-order valence-corrected chi connectivity index (χ4v) is 3.71. The van der Waals surface area contributed by atoms with Gasteiger partial charge in [0, 0.05) is 12.0 Å². The minimum absolute atomic E-state index is 0.0320. The Bertz CT molecular complexity index is 353. The van der Waals surface area contributed by atoms with Gasteiger partial charge in [0.1, 0.15) is 6.10 Å². The lowest BCUT2D eigenvalue weighted by Gasteiger charge is -2.45. The lowest BCUT2D eigenvalue weighted by molar-refractivity contribution is -0.166. The van der Waals surface area contributed by atoms with Crippen molar-refractivity contribution in [2.45, 2.75) is 86.3 Å². The minimum atomic E-state index is -0.380. The smallest absolute Gasteiger partial charge is 0.311 e. The van der Waals surface area contributed by atoms with Crippen molar-refractivity contribution in [2.24, 2.45) is 23.2 Å². The lowest BCUT2D eigenvalue weighted by Crippen LogP contribution is -2.53. The van der Waals surface area contributed by atoms with Gasteiger partial charge in [-0.05, 0) is 58.4 Å². The first kappa shape index (κ1) is 19.5. The molecule has 3 heteroatoms. The van der Waals surface area contributed by atoms with Crippen molar-refractivity contribution in [1.82, 2.24) is 5.32 Å². The van der Waals surface area contributed by atoms with Gasteiger partial charge in [-0.1, -0.05) is 34.1 Å². The van der Waals surface area contributed by atoms with E-state index >= 15 is 0 Å². The molecule has 0 amide bonds. The van der Waals surface area contributed by atoms with Gasteiger partial charge < -0.3 is 10.1 Å². The molecule has 1 aliphatic rings. The SMILES string of the molecule is CCC[C@@H]1[C@@H]([C@H](CC)OC(=O)C(C)(C)CC)C(C)CN[C@@H]1C. The molecule has 0 aromatic carbocycles. The van der Waals surface area contributed by atoms with Crippen LogP contribution in [0.15, 0.2) is 0 Å². The second kappa shape index (κ2) is 8.33. The summed E-state index contributed by atoms with van der Waals surface area (Å²) in [4.78, 5) is 12.5. The molecule has 3 nitrogen and oxygen atoms in total. The number of hydrogen-bond donors (Lipinski definition) is 1. The van der Waals surface area contributed by atoms with Gasteiger partial charge in [0.15, 0.2) is 0 Å². The van der Waals surface area contributed by atoms with Gasteiger partial charge in [0.25, 0.3) is 0 Å². The molecule has 0 aromatic rings. The molecule has 1 unspecified atom stereocenters. The minimum Gasteiger partial charge on any atom is -0.462 e. The van der Waals surface area contributed by atoms with Crippen molar-refractivity contribution < 1.29 is 9.53 Å². The summed E-state index contributed by atoms with van der Waals surface area (Å²) in [5.41, 5.74) is -0.380. The Morgan fingerprint density at radius 2 is 1.91 bits per heavy atom. The van der Waals surface area contributed by atoms with E-state index in [1.165, 1.54) is 12.8 Å². The lowest BCUT2D eigenvalue weighted by atomic mass is 9.70. The fraction of sp³-hybridized carbons (Fsp3) is 0.947. The van der Waals surface area contributed by atoms with Crippen LogP contribution in [0.3, 0.4) is 0 Å². The number of esters is 1. The van der Waals surface area contributed by atoms with Crippen LogP contribution in [0, 0.1) is 23.2 Å². The molecule has 1 rings (SSSR count). The van der Waals surface area contributed by atoms with Gasteiger partial charge in [-0.3, -0.25) is 4.79 Å². The number of ether oxygens (including phenoxy) is 1. The summed E-state index contributed by atoms with van der Waals surface area (Å²) in [6, 6.07) is 0.507. The van der Waals surface area contributed by atoms with Gasteiger partial charge >= 0.3 is 5.97 Å². The van der Waals surface area contributed by atoms with Crippen LogP contribution in [0.2, 0.25) is 0 Å². The first-order valence-electron chi connectivity index (χ1n) is 9.22. The van der Waals surface area contributed by atoms with Crippen molar-refractivity contribution in [1.29, 1.82) is 0 Å². The van der Waals surface area contributed by atoms with Crippen LogP contribution in [0.4, 0.5) is 0 Å². The van der Waals surface area contributed by atoms with Crippen molar-refractivity contribution in [3.8, 4) is 0 Å². The molecule has 5 atom stereocenters. The molecule has 1 aliphatic heterocycles. The highest BCUT2D eigenvalue weighted by molar-refractivity contribution is 5.76. The molecule has 0 spiro atoms. The molecule has 0 aliphatic carbocycles. The maximum absolute atomic E-state index is 12.5. The molecule has 1 fully saturated rings. The second-order valence-electron chi connectivity index (χ2n) is 7.79. The van der Waals surface area contributed by atoms with Gasteiger partial charge in [0.2, 0.25) is 0 Å². The molecule has 1 heterocycles. The maximum atomic E-state index is 12.5. The van der Waals surface area contributed by atoms with E-state index in [0.29, 0.717) is 23.8 Å². The summed E-state index contributed by atoms with van der Waals surface area (Å²) < 4.78 is 6.02. The van der Waals surface area contributed by atoms with Crippen LogP contribution in [0.1, 0.15) is 74.1 Å². The summed E-state index contributed by atoms with van der Waals surface area (Å²) in [6.45, 7) is 16.0. The predicted molar refractivity (Wildman–Crippen MR) is 92.8 cm³/mol. The third-order valence-electron chi connectivity index (χ3n) is 5.70. The third-order valence-corrected chi connectivity index (χ3v) is 5.70. The third kappa shape index (κ3) is 4.47. The molecule has 22 heavy (non-hydrogen) atoms. The normalized spacial score (nSPS) is 30.9. The molecule has 1 N–H and O–H groups in total. The molecular formula is C19H37NO2. The summed E-state index contributed by atoms with van der Waals surface area (Å²) in [7, 11) is 0. The molecule has 130 valence electrons. The second-order valence-corrected chi connectivity index (χ2v) is 7.79. The van der Waals surface area contributed by atoms with E-state index in [4.69, 9.17) is 4.74 Å². The number of piperidine rings is 1. The van der Waals surface area contributed by atoms with Gasteiger partial charge in [-0.2, -0.15) is 0 Å². The van der Waals surface area contributed by atoms with E-state index in [1.807, 2.05) is 13.8 Å². The van der Waals surface area contributed by atoms with Crippen LogP contribution in [0.5, 0.6) is 0 Å². The van der Waals surface area contributed by atoms with Crippen molar-refractivity contribution >= 4 is 5.97 Å². The topological polar surface area (TPSA) is 38.3 Å². The Morgan fingerprint density at radius 3 is 2.41 bits per heavy atom. The number of rotatable bonds is 7. The number of nitrogens with one attached hydrogen (secondary N) is 1. The Hall–Kier alpha value is -0.570. The predicted octanol–water partition coefficient (Wildman–Crippen LogP) is 4.40. The Kier molecular flexibility index (Phi) is 7.37. The molecule has 0 radical (unpaired) electrons. The van der Waals surface area contributed by atoms with Crippen molar-refractivity contribution in [2.75, 3.05) is 6.54 Å². The number of hydrogen-bond acceptors (Lipinski definition) is 3. The Labute approximate surface area is 137 Å². The summed E-state index contributed by atoms with van der Waals surface area (Å²) in [6.07, 6.45) is 4.17. The number of carbonyl (C=O) groups excluding carboxylic acids is 1. The average molecular weight is 312 g/mol. The van der Waals surface area contributed by atoms with Crippen molar-refractivity contribution in [3.05, 3.63) is 0 Å².